The minimum Gasteiger partial charge on any atom is -0.449 e. The van der Waals surface area contributed by atoms with Gasteiger partial charge >= 0.3 is 12.2 Å². The molecule has 28 heavy (non-hydrogen) atoms. The molecule has 0 bridgehead atoms. The van der Waals surface area contributed by atoms with Crippen LogP contribution in [0.15, 0.2) is 0 Å². The Hall–Kier alpha value is -2.32. The van der Waals surface area contributed by atoms with Crippen LogP contribution in [0.4, 0.5) is 9.59 Å². The van der Waals surface area contributed by atoms with Crippen molar-refractivity contribution < 1.29 is 28.7 Å². The topological polar surface area (TPSA) is 105 Å². The summed E-state index contributed by atoms with van der Waals surface area (Å²) in [5.41, 5.74) is -1.53. The second-order valence-corrected chi connectivity index (χ2v) is 8.54. The highest BCUT2D eigenvalue weighted by Crippen LogP contribution is 2.27. The number of alkyl carbamates (subject to hydrolysis) is 1. The van der Waals surface area contributed by atoms with Crippen molar-refractivity contribution in [2.75, 3.05) is 27.7 Å². The van der Waals surface area contributed by atoms with Gasteiger partial charge in [-0.15, -0.1) is 0 Å². The van der Waals surface area contributed by atoms with Crippen molar-refractivity contribution >= 4 is 23.9 Å². The molecule has 0 saturated carbocycles. The number of nitrogens with zero attached hydrogens (tertiary/aromatic N) is 2. The fourth-order valence-electron chi connectivity index (χ4n) is 2.83. The van der Waals surface area contributed by atoms with Gasteiger partial charge in [0.05, 0.1) is 6.04 Å². The molecule has 0 fully saturated rings. The number of likely N-dealkylation sites (N-methyl/N-ethyl adjacent to an activating group) is 2. The number of hydrogen-bond acceptors (Lipinski definition) is 6. The number of Topliss-reactive ketones (excluding diaryl/α,β-unsaturated/α-hetero) is 1. The smallest absolute Gasteiger partial charge is 0.410 e. The molecule has 0 aromatic rings. The van der Waals surface area contributed by atoms with Crippen LogP contribution in [0.2, 0.25) is 0 Å². The molecule has 0 rings (SSSR count). The highest BCUT2D eigenvalue weighted by Gasteiger charge is 2.41. The third kappa shape index (κ3) is 7.36. The molecule has 0 saturated heterocycles. The lowest BCUT2D eigenvalue weighted by Gasteiger charge is -2.40. The van der Waals surface area contributed by atoms with E-state index < -0.39 is 41.2 Å². The van der Waals surface area contributed by atoms with Crippen molar-refractivity contribution in [1.82, 2.24) is 15.1 Å². The van der Waals surface area contributed by atoms with Gasteiger partial charge in [0.25, 0.3) is 0 Å². The summed E-state index contributed by atoms with van der Waals surface area (Å²) < 4.78 is 10.4. The van der Waals surface area contributed by atoms with E-state index in [0.29, 0.717) is 0 Å². The van der Waals surface area contributed by atoms with E-state index in [1.165, 1.54) is 37.9 Å². The summed E-state index contributed by atoms with van der Waals surface area (Å²) in [6, 6.07) is -1.70. The van der Waals surface area contributed by atoms with Crippen LogP contribution in [0.5, 0.6) is 0 Å². The minimum atomic E-state index is -0.850. The van der Waals surface area contributed by atoms with E-state index in [9.17, 15) is 19.2 Å². The number of carbonyl (C=O) groups excluding carboxylic acids is 4. The van der Waals surface area contributed by atoms with Crippen LogP contribution in [-0.4, -0.2) is 79.1 Å². The lowest BCUT2D eigenvalue weighted by atomic mass is 9.82. The average molecular weight is 402 g/mol. The molecule has 9 nitrogen and oxygen atoms in total. The van der Waals surface area contributed by atoms with Crippen molar-refractivity contribution in [2.45, 2.75) is 66.2 Å². The number of ketones is 1. The monoisotopic (exact) mass is 401 g/mol. The highest BCUT2D eigenvalue weighted by molar-refractivity contribution is 5.91. The van der Waals surface area contributed by atoms with Crippen LogP contribution < -0.4 is 5.32 Å². The predicted octanol–water partition coefficient (Wildman–Crippen LogP) is 2.04. The van der Waals surface area contributed by atoms with Crippen molar-refractivity contribution in [3.63, 3.8) is 0 Å². The van der Waals surface area contributed by atoms with E-state index in [1.54, 1.807) is 41.5 Å². The molecular weight excluding hydrogens is 366 g/mol. The number of rotatable bonds is 7. The first-order chi connectivity index (χ1) is 12.5. The summed E-state index contributed by atoms with van der Waals surface area (Å²) in [7, 11) is 4.39. The Morgan fingerprint density at radius 2 is 1.50 bits per heavy atom. The molecule has 0 aliphatic rings. The maximum absolute atomic E-state index is 12.9. The van der Waals surface area contributed by atoms with E-state index in [0.717, 1.165) is 0 Å². The van der Waals surface area contributed by atoms with E-state index in [-0.39, 0.29) is 12.4 Å². The Morgan fingerprint density at radius 1 is 1.00 bits per heavy atom. The zero-order valence-corrected chi connectivity index (χ0v) is 18.7. The summed E-state index contributed by atoms with van der Waals surface area (Å²) in [5.74, 6) is -0.685. The SMILES string of the molecule is CNC(=O)OCC(C)(C)[C@@H](C(C)=O)N(C)C(=O)[C@@H](C)N(C)C(=O)OC(C)(C)C. The Balaban J connectivity index is 5.41. The molecule has 0 radical (unpaired) electrons. The third-order valence-electron chi connectivity index (χ3n) is 4.26. The van der Waals surface area contributed by atoms with Crippen molar-refractivity contribution in [3.05, 3.63) is 0 Å². The molecule has 9 heteroatoms. The summed E-state index contributed by atoms with van der Waals surface area (Å²) in [4.78, 5) is 51.4. The third-order valence-corrected chi connectivity index (χ3v) is 4.26. The molecule has 0 heterocycles. The number of nitrogens with one attached hydrogen (secondary N) is 1. The van der Waals surface area contributed by atoms with Gasteiger partial charge in [0.15, 0.2) is 5.78 Å². The zero-order chi connectivity index (χ0) is 22.4. The molecule has 3 amide bonds. The van der Waals surface area contributed by atoms with E-state index >= 15 is 0 Å². The van der Waals surface area contributed by atoms with Gasteiger partial charge in [0.1, 0.15) is 18.2 Å². The molecule has 0 aromatic heterocycles. The van der Waals surface area contributed by atoms with Gasteiger partial charge < -0.3 is 19.7 Å². The molecule has 0 spiro atoms. The molecular formula is C19H35N3O6. The second-order valence-electron chi connectivity index (χ2n) is 8.54. The number of carbonyl (C=O) groups is 4. The maximum atomic E-state index is 12.9. The number of amides is 3. The highest BCUT2D eigenvalue weighted by atomic mass is 16.6. The van der Waals surface area contributed by atoms with Gasteiger partial charge in [0.2, 0.25) is 5.91 Å². The quantitative estimate of drug-likeness (QED) is 0.700. The lowest BCUT2D eigenvalue weighted by molar-refractivity contribution is -0.145. The van der Waals surface area contributed by atoms with Gasteiger partial charge in [-0.2, -0.15) is 0 Å². The molecule has 0 aromatic carbocycles. The van der Waals surface area contributed by atoms with E-state index in [2.05, 4.69) is 5.32 Å². The molecule has 0 aliphatic carbocycles. The van der Waals surface area contributed by atoms with Gasteiger partial charge in [-0.3, -0.25) is 14.5 Å². The fourth-order valence-corrected chi connectivity index (χ4v) is 2.83. The first-order valence-corrected chi connectivity index (χ1v) is 9.12. The van der Waals surface area contributed by atoms with Gasteiger partial charge in [0, 0.05) is 26.6 Å². The largest absolute Gasteiger partial charge is 0.449 e. The number of ether oxygens (including phenoxy) is 2. The fraction of sp³-hybridized carbons (Fsp3) is 0.789. The van der Waals surface area contributed by atoms with Gasteiger partial charge in [-0.05, 0) is 34.6 Å². The van der Waals surface area contributed by atoms with Crippen LogP contribution in [-0.2, 0) is 19.1 Å². The Morgan fingerprint density at radius 3 is 1.89 bits per heavy atom. The Bertz CT molecular complexity index is 597. The van der Waals surface area contributed by atoms with Gasteiger partial charge in [-0.25, -0.2) is 9.59 Å². The molecule has 2 atom stereocenters. The lowest BCUT2D eigenvalue weighted by Crippen LogP contribution is -2.57. The van der Waals surface area contributed by atoms with Crippen molar-refractivity contribution in [3.8, 4) is 0 Å². The average Bonchev–Trinajstić information content (AvgIpc) is 2.55. The van der Waals surface area contributed by atoms with E-state index in [4.69, 9.17) is 9.47 Å². The normalized spacial score (nSPS) is 13.8. The van der Waals surface area contributed by atoms with Crippen LogP contribution in [0.1, 0.15) is 48.5 Å². The van der Waals surface area contributed by atoms with Crippen LogP contribution >= 0.6 is 0 Å². The van der Waals surface area contributed by atoms with E-state index in [1.807, 2.05) is 0 Å². The first kappa shape index (κ1) is 25.7. The van der Waals surface area contributed by atoms with Crippen molar-refractivity contribution in [2.24, 2.45) is 5.41 Å². The van der Waals surface area contributed by atoms with Crippen molar-refractivity contribution in [1.29, 1.82) is 0 Å². The summed E-state index contributed by atoms with van der Waals surface area (Å²) in [6.45, 7) is 11.5. The molecule has 1 N–H and O–H groups in total. The Kier molecular flexibility index (Phi) is 8.94. The first-order valence-electron chi connectivity index (χ1n) is 9.12. The molecule has 0 aliphatic heterocycles. The standard InChI is InChI=1S/C19H35N3O6/c1-12(21(9)17(26)28-18(3,4)5)15(24)22(10)14(13(2)23)19(6,7)11-27-16(25)20-8/h12,14H,11H2,1-10H3,(H,20,25)/t12-,14-/m1/s1. The Labute approximate surface area is 167 Å². The zero-order valence-electron chi connectivity index (χ0n) is 18.7. The number of hydrogen-bond donors (Lipinski definition) is 1. The van der Waals surface area contributed by atoms with Gasteiger partial charge in [-0.1, -0.05) is 13.8 Å². The molecule has 162 valence electrons. The van der Waals surface area contributed by atoms with Crippen LogP contribution in [0.25, 0.3) is 0 Å². The van der Waals surface area contributed by atoms with Crippen LogP contribution in [0.3, 0.4) is 0 Å². The molecule has 0 unspecified atom stereocenters. The maximum Gasteiger partial charge on any atom is 0.410 e. The minimum absolute atomic E-state index is 0.0647. The summed E-state index contributed by atoms with van der Waals surface area (Å²) in [5, 5.41) is 2.34. The predicted molar refractivity (Wildman–Crippen MR) is 105 cm³/mol. The summed E-state index contributed by atoms with van der Waals surface area (Å²) >= 11 is 0. The summed E-state index contributed by atoms with van der Waals surface area (Å²) in [6.07, 6.45) is -1.26. The van der Waals surface area contributed by atoms with Crippen LogP contribution in [0, 0.1) is 5.41 Å². The second kappa shape index (κ2) is 9.75.